The third-order valence-corrected chi connectivity index (χ3v) is 2.70. The lowest BCUT2D eigenvalue weighted by molar-refractivity contribution is -0.131. The van der Waals surface area contributed by atoms with Crippen molar-refractivity contribution in [3.8, 4) is 0 Å². The Morgan fingerprint density at radius 2 is 2.50 bits per heavy atom. The van der Waals surface area contributed by atoms with E-state index in [4.69, 9.17) is 5.11 Å². The summed E-state index contributed by atoms with van der Waals surface area (Å²) in [5, 5.41) is 13.2. The van der Waals surface area contributed by atoms with Crippen LogP contribution < -0.4 is 0 Å². The molecule has 76 valence electrons. The molecule has 0 aliphatic carbocycles. The number of carboxylic acid groups (broad SMARTS) is 1. The minimum absolute atomic E-state index is 0.610. The number of thioether (sulfide) groups is 1. The second-order valence-electron chi connectivity index (χ2n) is 2.78. The van der Waals surface area contributed by atoms with Crippen molar-refractivity contribution in [3.05, 3.63) is 18.0 Å². The number of carboxylic acids is 1. The fraction of sp³-hybridized carbons (Fsp3) is 0.375. The molecule has 0 bridgehead atoms. The Morgan fingerprint density at radius 3 is 3.00 bits per heavy atom. The molecule has 5 nitrogen and oxygen atoms in total. The maximum absolute atomic E-state index is 10.3. The zero-order chi connectivity index (χ0) is 10.6. The fourth-order valence-corrected chi connectivity index (χ4v) is 1.64. The Balaban J connectivity index is 2.49. The second kappa shape index (κ2) is 4.80. The molecule has 1 heterocycles. The van der Waals surface area contributed by atoms with E-state index in [1.54, 1.807) is 18.7 Å². The average molecular weight is 213 g/mol. The van der Waals surface area contributed by atoms with Gasteiger partial charge in [-0.15, -0.1) is 0 Å². The third kappa shape index (κ3) is 3.21. The average Bonchev–Trinajstić information content (AvgIpc) is 2.46. The molecular formula is C8H11N3O2S. The lowest BCUT2D eigenvalue weighted by Gasteiger charge is -1.99. The molecular weight excluding hydrogens is 202 g/mol. The number of hydrogen-bond donors (Lipinski definition) is 1. The Labute approximate surface area is 85.8 Å². The molecule has 0 aliphatic rings. The van der Waals surface area contributed by atoms with Crippen LogP contribution in [0.15, 0.2) is 23.1 Å². The molecule has 0 spiro atoms. The molecule has 0 saturated carbocycles. The highest BCUT2D eigenvalue weighted by Gasteiger charge is 2.02. The molecule has 1 rings (SSSR count). The molecule has 1 aromatic rings. The van der Waals surface area contributed by atoms with Crippen molar-refractivity contribution < 1.29 is 9.90 Å². The highest BCUT2D eigenvalue weighted by molar-refractivity contribution is 7.99. The minimum Gasteiger partial charge on any atom is -0.478 e. The van der Waals surface area contributed by atoms with Crippen LogP contribution in [0.4, 0.5) is 0 Å². The van der Waals surface area contributed by atoms with Gasteiger partial charge in [-0.05, 0) is 6.92 Å². The first-order valence-corrected chi connectivity index (χ1v) is 4.95. The summed E-state index contributed by atoms with van der Waals surface area (Å²) in [4.78, 5) is 14.3. The van der Waals surface area contributed by atoms with Gasteiger partial charge in [-0.2, -0.15) is 5.10 Å². The van der Waals surface area contributed by atoms with Crippen molar-refractivity contribution in [2.45, 2.75) is 12.1 Å². The molecule has 1 N–H and O–H groups in total. The molecule has 0 aliphatic heterocycles. The van der Waals surface area contributed by atoms with Gasteiger partial charge in [-0.1, -0.05) is 17.3 Å². The zero-order valence-electron chi connectivity index (χ0n) is 7.97. The summed E-state index contributed by atoms with van der Waals surface area (Å²) in [7, 11) is 1.80. The van der Waals surface area contributed by atoms with E-state index >= 15 is 0 Å². The molecule has 0 atom stereocenters. The van der Waals surface area contributed by atoms with Crippen LogP contribution in [0.2, 0.25) is 0 Å². The predicted molar refractivity (Wildman–Crippen MR) is 53.1 cm³/mol. The van der Waals surface area contributed by atoms with E-state index in [9.17, 15) is 4.79 Å². The van der Waals surface area contributed by atoms with Crippen LogP contribution in [-0.2, 0) is 11.8 Å². The molecule has 1 aromatic heterocycles. The van der Waals surface area contributed by atoms with E-state index in [0.717, 1.165) is 10.7 Å². The van der Waals surface area contributed by atoms with Crippen molar-refractivity contribution in [3.63, 3.8) is 0 Å². The number of aliphatic carboxylic acids is 1. The van der Waals surface area contributed by atoms with Crippen molar-refractivity contribution >= 4 is 17.7 Å². The number of hydrogen-bond acceptors (Lipinski definition) is 4. The van der Waals surface area contributed by atoms with Crippen LogP contribution in [0.1, 0.15) is 6.92 Å². The predicted octanol–water partition coefficient (Wildman–Crippen LogP) is 0.938. The molecule has 0 fully saturated rings. The molecule has 6 heteroatoms. The standard InChI is InChI=1S/C8H11N3O2S/c1-6(3-7(12)13)4-14-8-9-5-10-11(8)2/h3,5H,4H2,1-2H3,(H,12,13). The largest absolute Gasteiger partial charge is 0.478 e. The summed E-state index contributed by atoms with van der Waals surface area (Å²) in [5.74, 6) is -0.306. The Hall–Kier alpha value is -1.30. The van der Waals surface area contributed by atoms with Crippen LogP contribution in [0, 0.1) is 0 Å². The maximum atomic E-state index is 10.3. The Morgan fingerprint density at radius 1 is 1.79 bits per heavy atom. The topological polar surface area (TPSA) is 68.0 Å². The number of aryl methyl sites for hydroxylation is 1. The molecule has 0 amide bonds. The van der Waals surface area contributed by atoms with E-state index in [-0.39, 0.29) is 0 Å². The molecule has 14 heavy (non-hydrogen) atoms. The van der Waals surface area contributed by atoms with Crippen molar-refractivity contribution in [1.29, 1.82) is 0 Å². The monoisotopic (exact) mass is 213 g/mol. The number of carbonyl (C=O) groups is 1. The van der Waals surface area contributed by atoms with Gasteiger partial charge in [0.1, 0.15) is 6.33 Å². The van der Waals surface area contributed by atoms with Gasteiger partial charge in [-0.25, -0.2) is 14.5 Å². The van der Waals surface area contributed by atoms with Gasteiger partial charge in [0.25, 0.3) is 0 Å². The summed E-state index contributed by atoms with van der Waals surface area (Å²) >= 11 is 1.46. The molecule has 0 radical (unpaired) electrons. The third-order valence-electron chi connectivity index (χ3n) is 1.47. The summed E-state index contributed by atoms with van der Waals surface area (Å²) in [6.45, 7) is 1.78. The zero-order valence-corrected chi connectivity index (χ0v) is 8.78. The normalized spacial score (nSPS) is 11.7. The van der Waals surface area contributed by atoms with Gasteiger partial charge >= 0.3 is 5.97 Å². The number of aromatic nitrogens is 3. The fourth-order valence-electron chi connectivity index (χ4n) is 0.847. The number of rotatable bonds is 4. The molecule has 0 aromatic carbocycles. The highest BCUT2D eigenvalue weighted by atomic mass is 32.2. The van der Waals surface area contributed by atoms with Gasteiger partial charge in [0.15, 0.2) is 5.16 Å². The quantitative estimate of drug-likeness (QED) is 0.595. The summed E-state index contributed by atoms with van der Waals surface area (Å²) < 4.78 is 1.65. The van der Waals surface area contributed by atoms with Gasteiger partial charge in [0.2, 0.25) is 0 Å². The SMILES string of the molecule is CC(=CC(=O)O)CSc1ncnn1C. The van der Waals surface area contributed by atoms with Crippen LogP contribution in [0.25, 0.3) is 0 Å². The molecule has 0 saturated heterocycles. The van der Waals surface area contributed by atoms with Gasteiger partial charge < -0.3 is 5.11 Å². The van der Waals surface area contributed by atoms with Crippen molar-refractivity contribution in [2.75, 3.05) is 5.75 Å². The van der Waals surface area contributed by atoms with E-state index in [2.05, 4.69) is 10.1 Å². The van der Waals surface area contributed by atoms with Crippen molar-refractivity contribution in [2.24, 2.45) is 7.05 Å². The first-order chi connectivity index (χ1) is 6.59. The summed E-state index contributed by atoms with van der Waals surface area (Å²) in [6, 6.07) is 0. The summed E-state index contributed by atoms with van der Waals surface area (Å²) in [6.07, 6.45) is 2.67. The second-order valence-corrected chi connectivity index (χ2v) is 3.73. The smallest absolute Gasteiger partial charge is 0.328 e. The van der Waals surface area contributed by atoms with Crippen molar-refractivity contribution in [1.82, 2.24) is 14.8 Å². The van der Waals surface area contributed by atoms with E-state index in [1.807, 2.05) is 0 Å². The Bertz CT molecular complexity index is 359. The van der Waals surface area contributed by atoms with Gasteiger partial charge in [0, 0.05) is 18.9 Å². The van der Waals surface area contributed by atoms with Crippen LogP contribution >= 0.6 is 11.8 Å². The van der Waals surface area contributed by atoms with E-state index in [1.165, 1.54) is 24.2 Å². The lowest BCUT2D eigenvalue weighted by Crippen LogP contribution is -1.95. The van der Waals surface area contributed by atoms with E-state index < -0.39 is 5.97 Å². The van der Waals surface area contributed by atoms with Gasteiger partial charge in [-0.3, -0.25) is 0 Å². The van der Waals surface area contributed by atoms with Crippen LogP contribution in [0.3, 0.4) is 0 Å². The number of nitrogens with zero attached hydrogens (tertiary/aromatic N) is 3. The summed E-state index contributed by atoms with van der Waals surface area (Å²) in [5.41, 5.74) is 0.797. The first-order valence-electron chi connectivity index (χ1n) is 3.96. The van der Waals surface area contributed by atoms with Crippen LogP contribution in [-0.4, -0.2) is 31.6 Å². The lowest BCUT2D eigenvalue weighted by atomic mass is 10.3. The highest BCUT2D eigenvalue weighted by Crippen LogP contribution is 2.16. The van der Waals surface area contributed by atoms with E-state index in [0.29, 0.717) is 5.75 Å². The Kier molecular flexibility index (Phi) is 3.70. The van der Waals surface area contributed by atoms with Crippen LogP contribution in [0.5, 0.6) is 0 Å². The first kappa shape index (κ1) is 10.8. The molecule has 0 unspecified atom stereocenters. The van der Waals surface area contributed by atoms with Gasteiger partial charge in [0.05, 0.1) is 0 Å². The maximum Gasteiger partial charge on any atom is 0.328 e. The minimum atomic E-state index is -0.916.